The van der Waals surface area contributed by atoms with Gasteiger partial charge in [0.15, 0.2) is 0 Å². The first-order valence-electron chi connectivity index (χ1n) is 10.1. The van der Waals surface area contributed by atoms with E-state index >= 15 is 0 Å². The van der Waals surface area contributed by atoms with Crippen molar-refractivity contribution in [2.24, 2.45) is 5.10 Å². The van der Waals surface area contributed by atoms with Crippen molar-refractivity contribution >= 4 is 11.6 Å². The Bertz CT molecular complexity index is 910. The van der Waals surface area contributed by atoms with Crippen LogP contribution in [0.25, 0.3) is 0 Å². The maximum absolute atomic E-state index is 13.5. The summed E-state index contributed by atoms with van der Waals surface area (Å²) in [5.41, 5.74) is 2.40. The molecule has 1 unspecified atom stereocenters. The van der Waals surface area contributed by atoms with Crippen LogP contribution in [0.2, 0.25) is 0 Å². The number of nitrogens with zero attached hydrogens (tertiary/aromatic N) is 3. The van der Waals surface area contributed by atoms with Crippen LogP contribution in [0, 0.1) is 5.82 Å². The average molecular weight is 413 g/mol. The molecule has 2 aromatic carbocycles. The lowest BCUT2D eigenvalue weighted by molar-refractivity contribution is -0.134. The number of carbonyl (C=O) groups is 1. The van der Waals surface area contributed by atoms with Gasteiger partial charge < -0.3 is 9.47 Å². The van der Waals surface area contributed by atoms with Crippen molar-refractivity contribution in [3.63, 3.8) is 0 Å². The van der Waals surface area contributed by atoms with Crippen molar-refractivity contribution in [2.45, 2.75) is 26.3 Å². The summed E-state index contributed by atoms with van der Waals surface area (Å²) in [4.78, 5) is 15.2. The second-order valence-electron chi connectivity index (χ2n) is 7.08. The lowest BCUT2D eigenvalue weighted by Crippen LogP contribution is -2.38. The molecule has 0 aliphatic carbocycles. The number of halogens is 1. The molecule has 1 aliphatic rings. The van der Waals surface area contributed by atoms with Gasteiger partial charge in [0.2, 0.25) is 0 Å². The van der Waals surface area contributed by atoms with Crippen LogP contribution >= 0.6 is 0 Å². The van der Waals surface area contributed by atoms with Gasteiger partial charge in [0.25, 0.3) is 5.91 Å². The van der Waals surface area contributed by atoms with Crippen LogP contribution in [0.3, 0.4) is 0 Å². The molecule has 3 rings (SSSR count). The number of ether oxygens (including phenoxy) is 2. The monoisotopic (exact) mass is 413 g/mol. The molecule has 0 radical (unpaired) electrons. The van der Waals surface area contributed by atoms with Crippen LogP contribution in [0.15, 0.2) is 47.6 Å². The molecular weight excluding hydrogens is 385 g/mol. The van der Waals surface area contributed by atoms with E-state index in [1.54, 1.807) is 32.4 Å². The van der Waals surface area contributed by atoms with Crippen LogP contribution < -0.4 is 9.47 Å². The molecule has 1 amide bonds. The van der Waals surface area contributed by atoms with Crippen LogP contribution in [0.4, 0.5) is 4.39 Å². The topological polar surface area (TPSA) is 54.4 Å². The first-order valence-corrected chi connectivity index (χ1v) is 10.1. The fraction of sp³-hybridized carbons (Fsp3) is 0.391. The molecule has 7 heteroatoms. The van der Waals surface area contributed by atoms with Gasteiger partial charge in [0, 0.05) is 18.1 Å². The molecule has 1 heterocycles. The molecule has 6 nitrogen and oxygen atoms in total. The van der Waals surface area contributed by atoms with E-state index < -0.39 is 0 Å². The summed E-state index contributed by atoms with van der Waals surface area (Å²) in [5.74, 6) is 0.911. The summed E-state index contributed by atoms with van der Waals surface area (Å²) in [6.45, 7) is 5.88. The van der Waals surface area contributed by atoms with Gasteiger partial charge in [0.1, 0.15) is 17.3 Å². The van der Waals surface area contributed by atoms with Crippen molar-refractivity contribution in [1.82, 2.24) is 9.91 Å². The lowest BCUT2D eigenvalue weighted by Gasteiger charge is -2.25. The zero-order valence-corrected chi connectivity index (χ0v) is 17.9. The third-order valence-corrected chi connectivity index (χ3v) is 5.39. The SMILES string of the molecule is CCN(CC)CC(=O)N1N=C(c2ccc(OC)cc2OC)CC1c1ccc(F)cc1. The van der Waals surface area contributed by atoms with E-state index in [0.29, 0.717) is 17.9 Å². The first-order chi connectivity index (χ1) is 14.5. The third kappa shape index (κ3) is 4.62. The Hall–Kier alpha value is -2.93. The molecule has 0 saturated heterocycles. The first kappa shape index (κ1) is 21.8. The largest absolute Gasteiger partial charge is 0.497 e. The Labute approximate surface area is 176 Å². The standard InChI is InChI=1S/C23H28FN3O3/c1-5-26(6-2)15-23(28)27-21(16-7-9-17(24)10-8-16)14-20(25-27)19-12-11-18(29-3)13-22(19)30-4/h7-13,21H,5-6,14-15H2,1-4H3. The van der Waals surface area contributed by atoms with E-state index in [2.05, 4.69) is 5.10 Å². The van der Waals surface area contributed by atoms with Gasteiger partial charge in [-0.25, -0.2) is 9.40 Å². The Morgan fingerprint density at radius 2 is 1.83 bits per heavy atom. The summed E-state index contributed by atoms with van der Waals surface area (Å²) >= 11 is 0. The number of amides is 1. The summed E-state index contributed by atoms with van der Waals surface area (Å²) in [6, 6.07) is 11.5. The van der Waals surface area contributed by atoms with Crippen molar-refractivity contribution in [3.05, 3.63) is 59.4 Å². The fourth-order valence-electron chi connectivity index (χ4n) is 3.60. The maximum Gasteiger partial charge on any atom is 0.257 e. The lowest BCUT2D eigenvalue weighted by atomic mass is 9.97. The van der Waals surface area contributed by atoms with Gasteiger partial charge in [-0.15, -0.1) is 0 Å². The van der Waals surface area contributed by atoms with Crippen molar-refractivity contribution in [1.29, 1.82) is 0 Å². The molecule has 0 aromatic heterocycles. The van der Waals surface area contributed by atoms with Gasteiger partial charge in [-0.05, 0) is 42.9 Å². The summed E-state index contributed by atoms with van der Waals surface area (Å²) < 4.78 is 24.3. The number of hydrogen-bond donors (Lipinski definition) is 0. The van der Waals surface area contributed by atoms with Crippen LogP contribution in [0.5, 0.6) is 11.5 Å². The number of rotatable bonds is 8. The van der Waals surface area contributed by atoms with Gasteiger partial charge in [0.05, 0.1) is 32.5 Å². The number of hydrogen-bond acceptors (Lipinski definition) is 5. The van der Waals surface area contributed by atoms with Gasteiger partial charge in [-0.3, -0.25) is 9.69 Å². The van der Waals surface area contributed by atoms with Gasteiger partial charge in [-0.2, -0.15) is 5.10 Å². The van der Waals surface area contributed by atoms with E-state index in [4.69, 9.17) is 9.47 Å². The zero-order chi connectivity index (χ0) is 21.7. The minimum atomic E-state index is -0.310. The van der Waals surface area contributed by atoms with Gasteiger partial charge in [-0.1, -0.05) is 26.0 Å². The number of benzene rings is 2. The Balaban J connectivity index is 1.97. The molecule has 0 spiro atoms. The highest BCUT2D eigenvalue weighted by molar-refractivity contribution is 6.05. The van der Waals surface area contributed by atoms with E-state index in [0.717, 1.165) is 29.9 Å². The van der Waals surface area contributed by atoms with E-state index in [9.17, 15) is 9.18 Å². The summed E-state index contributed by atoms with van der Waals surface area (Å²) in [5, 5.41) is 6.22. The van der Waals surface area contributed by atoms with Crippen molar-refractivity contribution in [3.8, 4) is 11.5 Å². The Kier molecular flexibility index (Phi) is 7.05. The number of hydrazone groups is 1. The molecule has 1 aliphatic heterocycles. The van der Waals surface area contributed by atoms with E-state index in [-0.39, 0.29) is 24.3 Å². The van der Waals surface area contributed by atoms with E-state index in [1.165, 1.54) is 17.1 Å². The van der Waals surface area contributed by atoms with Crippen LogP contribution in [-0.2, 0) is 4.79 Å². The number of methoxy groups -OCH3 is 2. The molecular formula is C23H28FN3O3. The molecule has 30 heavy (non-hydrogen) atoms. The molecule has 0 fully saturated rings. The molecule has 0 bridgehead atoms. The highest BCUT2D eigenvalue weighted by Crippen LogP contribution is 2.36. The average Bonchev–Trinajstić information content (AvgIpc) is 3.22. The van der Waals surface area contributed by atoms with Crippen molar-refractivity contribution in [2.75, 3.05) is 33.9 Å². The second-order valence-corrected chi connectivity index (χ2v) is 7.08. The number of carbonyl (C=O) groups excluding carboxylic acids is 1. The molecule has 1 atom stereocenters. The van der Waals surface area contributed by atoms with Crippen LogP contribution in [0.1, 0.15) is 37.4 Å². The number of likely N-dealkylation sites (N-methyl/N-ethyl adjacent to an activating group) is 1. The predicted octanol–water partition coefficient (Wildman–Crippen LogP) is 3.86. The second kappa shape index (κ2) is 9.71. The summed E-state index contributed by atoms with van der Waals surface area (Å²) in [7, 11) is 3.19. The van der Waals surface area contributed by atoms with Gasteiger partial charge >= 0.3 is 0 Å². The fourth-order valence-corrected chi connectivity index (χ4v) is 3.60. The predicted molar refractivity (Wildman–Crippen MR) is 114 cm³/mol. The van der Waals surface area contributed by atoms with Crippen molar-refractivity contribution < 1.29 is 18.7 Å². The Morgan fingerprint density at radius 3 is 2.43 bits per heavy atom. The third-order valence-electron chi connectivity index (χ3n) is 5.39. The molecule has 0 saturated carbocycles. The summed E-state index contributed by atoms with van der Waals surface area (Å²) in [6.07, 6.45) is 0.512. The van der Waals surface area contributed by atoms with Crippen LogP contribution in [-0.4, -0.2) is 55.4 Å². The quantitative estimate of drug-likeness (QED) is 0.659. The Morgan fingerprint density at radius 1 is 1.13 bits per heavy atom. The highest BCUT2D eigenvalue weighted by Gasteiger charge is 2.34. The maximum atomic E-state index is 13.5. The minimum absolute atomic E-state index is 0.0875. The molecule has 2 aromatic rings. The van der Waals surface area contributed by atoms with E-state index in [1.807, 2.05) is 30.9 Å². The smallest absolute Gasteiger partial charge is 0.257 e. The zero-order valence-electron chi connectivity index (χ0n) is 17.9. The normalized spacial score (nSPS) is 16.0. The molecule has 160 valence electrons. The highest BCUT2D eigenvalue weighted by atomic mass is 19.1. The minimum Gasteiger partial charge on any atom is -0.497 e. The molecule has 0 N–H and O–H groups in total.